The van der Waals surface area contributed by atoms with E-state index >= 15 is 0 Å². The third-order valence-electron chi connectivity index (χ3n) is 5.05. The van der Waals surface area contributed by atoms with Gasteiger partial charge in [-0.15, -0.1) is 0 Å². The second-order valence-corrected chi connectivity index (χ2v) is 7.02. The molecule has 2 N–H and O–H groups in total. The number of ketones is 1. The Hall–Kier alpha value is -3.35. The van der Waals surface area contributed by atoms with Crippen molar-refractivity contribution in [2.24, 2.45) is 5.92 Å². The number of phenols is 1. The average Bonchev–Trinajstić information content (AvgIpc) is 3.07. The van der Waals surface area contributed by atoms with E-state index in [1.807, 2.05) is 6.07 Å². The zero-order valence-electron chi connectivity index (χ0n) is 15.5. The topological polar surface area (TPSA) is 95.7 Å². The quantitative estimate of drug-likeness (QED) is 0.672. The van der Waals surface area contributed by atoms with Gasteiger partial charge in [0, 0.05) is 43.2 Å². The van der Waals surface area contributed by atoms with Crippen LogP contribution >= 0.6 is 0 Å². The van der Waals surface area contributed by atoms with Crippen LogP contribution in [0.25, 0.3) is 11.1 Å². The van der Waals surface area contributed by atoms with Crippen LogP contribution in [0.1, 0.15) is 29.1 Å². The number of anilines is 1. The standard InChI is InChI=1S/C21H21N3O4/c1-13-22-18-7-4-16(12-19(18)28-13)23-21(27)24-10-8-15(9-11-24)20(26)14-2-5-17(25)6-3-14/h2-7,12,15,25H,8-11H2,1H3,(H,23,27). The fraction of sp³-hybridized carbons (Fsp3) is 0.286. The molecule has 4 rings (SSSR count). The van der Waals surface area contributed by atoms with Gasteiger partial charge in [0.25, 0.3) is 0 Å². The van der Waals surface area contributed by atoms with E-state index in [-0.39, 0.29) is 23.5 Å². The van der Waals surface area contributed by atoms with Crippen molar-refractivity contribution in [1.29, 1.82) is 0 Å². The first-order chi connectivity index (χ1) is 13.5. The number of Topliss-reactive ketones (excluding diaryl/α,β-unsaturated/α-hetero) is 1. The first-order valence-corrected chi connectivity index (χ1v) is 9.26. The molecular formula is C21H21N3O4. The molecule has 0 atom stereocenters. The summed E-state index contributed by atoms with van der Waals surface area (Å²) in [4.78, 5) is 31.1. The molecule has 0 saturated carbocycles. The molecule has 0 radical (unpaired) electrons. The lowest BCUT2D eigenvalue weighted by atomic mass is 9.89. The third-order valence-corrected chi connectivity index (χ3v) is 5.05. The summed E-state index contributed by atoms with van der Waals surface area (Å²) in [7, 11) is 0. The molecule has 1 aromatic heterocycles. The average molecular weight is 379 g/mol. The lowest BCUT2D eigenvalue weighted by molar-refractivity contribution is 0.0859. The zero-order valence-corrected chi connectivity index (χ0v) is 15.5. The summed E-state index contributed by atoms with van der Waals surface area (Å²) in [5, 5.41) is 12.2. The number of likely N-dealkylation sites (tertiary alicyclic amines) is 1. The number of carbonyl (C=O) groups excluding carboxylic acids is 2. The molecule has 7 nitrogen and oxygen atoms in total. The maximum atomic E-state index is 12.6. The van der Waals surface area contributed by atoms with Gasteiger partial charge >= 0.3 is 6.03 Å². The number of rotatable bonds is 3. The molecule has 1 aliphatic rings. The molecule has 2 heterocycles. The summed E-state index contributed by atoms with van der Waals surface area (Å²) in [5.74, 6) is 0.675. The van der Waals surface area contributed by atoms with Crippen molar-refractivity contribution in [3.63, 3.8) is 0 Å². The van der Waals surface area contributed by atoms with Gasteiger partial charge in [-0.2, -0.15) is 0 Å². The van der Waals surface area contributed by atoms with Crippen molar-refractivity contribution in [3.05, 3.63) is 53.9 Å². The molecule has 1 aliphatic heterocycles. The number of nitrogens with zero attached hydrogens (tertiary/aromatic N) is 2. The van der Waals surface area contributed by atoms with Crippen LogP contribution in [-0.2, 0) is 0 Å². The maximum absolute atomic E-state index is 12.6. The fourth-order valence-electron chi connectivity index (χ4n) is 3.53. The van der Waals surface area contributed by atoms with Gasteiger partial charge in [0.2, 0.25) is 0 Å². The van der Waals surface area contributed by atoms with E-state index in [9.17, 15) is 14.7 Å². The predicted molar refractivity (Wildman–Crippen MR) is 104 cm³/mol. The number of benzene rings is 2. The van der Waals surface area contributed by atoms with Gasteiger partial charge in [-0.3, -0.25) is 4.79 Å². The molecule has 2 aromatic carbocycles. The van der Waals surface area contributed by atoms with Gasteiger partial charge in [0.15, 0.2) is 17.3 Å². The van der Waals surface area contributed by atoms with Crippen LogP contribution in [-0.4, -0.2) is 39.9 Å². The smallest absolute Gasteiger partial charge is 0.321 e. The van der Waals surface area contributed by atoms with Gasteiger partial charge in [-0.1, -0.05) is 0 Å². The highest BCUT2D eigenvalue weighted by Crippen LogP contribution is 2.24. The van der Waals surface area contributed by atoms with Crippen molar-refractivity contribution in [2.45, 2.75) is 19.8 Å². The molecule has 3 aromatic rings. The van der Waals surface area contributed by atoms with E-state index in [4.69, 9.17) is 4.42 Å². The van der Waals surface area contributed by atoms with E-state index in [1.165, 1.54) is 12.1 Å². The van der Waals surface area contributed by atoms with Crippen LogP contribution in [0.3, 0.4) is 0 Å². The Morgan fingerprint density at radius 1 is 1.14 bits per heavy atom. The number of amides is 2. The number of aryl methyl sites for hydroxylation is 1. The van der Waals surface area contributed by atoms with Crippen LogP contribution in [0.2, 0.25) is 0 Å². The number of urea groups is 1. The maximum Gasteiger partial charge on any atom is 0.321 e. The van der Waals surface area contributed by atoms with Crippen LogP contribution < -0.4 is 5.32 Å². The highest BCUT2D eigenvalue weighted by atomic mass is 16.3. The molecular weight excluding hydrogens is 358 g/mol. The largest absolute Gasteiger partial charge is 0.508 e. The van der Waals surface area contributed by atoms with Gasteiger partial charge in [-0.05, 0) is 49.2 Å². The number of phenolic OH excluding ortho intramolecular Hbond substituents is 1. The molecule has 1 fully saturated rings. The molecule has 1 saturated heterocycles. The van der Waals surface area contributed by atoms with Gasteiger partial charge in [-0.25, -0.2) is 9.78 Å². The van der Waals surface area contributed by atoms with Crippen molar-refractivity contribution < 1.29 is 19.1 Å². The number of nitrogens with one attached hydrogen (secondary N) is 1. The summed E-state index contributed by atoms with van der Waals surface area (Å²) in [6.45, 7) is 2.82. The van der Waals surface area contributed by atoms with Crippen LogP contribution in [0.5, 0.6) is 5.75 Å². The predicted octanol–water partition coefficient (Wildman–Crippen LogP) is 3.97. The summed E-state index contributed by atoms with van der Waals surface area (Å²) >= 11 is 0. The Kier molecular flexibility index (Phi) is 4.73. The van der Waals surface area contributed by atoms with Crippen molar-refractivity contribution in [3.8, 4) is 5.75 Å². The Morgan fingerprint density at radius 3 is 2.57 bits per heavy atom. The second-order valence-electron chi connectivity index (χ2n) is 7.02. The fourth-order valence-corrected chi connectivity index (χ4v) is 3.53. The molecule has 0 unspecified atom stereocenters. The van der Waals surface area contributed by atoms with E-state index in [2.05, 4.69) is 10.3 Å². The number of oxazole rings is 1. The molecule has 28 heavy (non-hydrogen) atoms. The molecule has 2 amide bonds. The molecule has 7 heteroatoms. The first kappa shape index (κ1) is 18.0. The Morgan fingerprint density at radius 2 is 1.86 bits per heavy atom. The van der Waals surface area contributed by atoms with Crippen LogP contribution in [0.15, 0.2) is 46.9 Å². The number of aromatic hydroxyl groups is 1. The minimum atomic E-state index is -0.189. The lowest BCUT2D eigenvalue weighted by Crippen LogP contribution is -2.42. The van der Waals surface area contributed by atoms with E-state index in [0.717, 1.165) is 5.52 Å². The highest BCUT2D eigenvalue weighted by molar-refractivity contribution is 5.98. The Balaban J connectivity index is 1.35. The van der Waals surface area contributed by atoms with Crippen molar-refractivity contribution >= 4 is 28.6 Å². The third kappa shape index (κ3) is 3.69. The summed E-state index contributed by atoms with van der Waals surface area (Å²) in [5.41, 5.74) is 2.63. The second kappa shape index (κ2) is 7.34. The van der Waals surface area contributed by atoms with E-state index in [1.54, 1.807) is 36.1 Å². The summed E-state index contributed by atoms with van der Waals surface area (Å²) in [6, 6.07) is 11.5. The normalized spacial score (nSPS) is 15.0. The molecule has 0 bridgehead atoms. The van der Waals surface area contributed by atoms with Gasteiger partial charge in [0.05, 0.1) is 0 Å². The minimum absolute atomic E-state index is 0.0613. The number of carbonyl (C=O) groups is 2. The van der Waals surface area contributed by atoms with E-state index in [0.29, 0.717) is 48.7 Å². The number of hydrogen-bond donors (Lipinski definition) is 2. The monoisotopic (exact) mass is 379 g/mol. The number of fused-ring (bicyclic) bond motifs is 1. The minimum Gasteiger partial charge on any atom is -0.508 e. The zero-order chi connectivity index (χ0) is 19.7. The Bertz CT molecular complexity index is 1020. The number of piperidine rings is 1. The molecule has 0 spiro atoms. The van der Waals surface area contributed by atoms with Crippen LogP contribution in [0, 0.1) is 12.8 Å². The SMILES string of the molecule is Cc1nc2ccc(NC(=O)N3CCC(C(=O)c4ccc(O)cc4)CC3)cc2o1. The van der Waals surface area contributed by atoms with Crippen molar-refractivity contribution in [2.75, 3.05) is 18.4 Å². The van der Waals surface area contributed by atoms with Crippen LogP contribution in [0.4, 0.5) is 10.5 Å². The summed E-state index contributed by atoms with van der Waals surface area (Å²) < 4.78 is 5.50. The lowest BCUT2D eigenvalue weighted by Gasteiger charge is -2.31. The number of hydrogen-bond acceptors (Lipinski definition) is 5. The highest BCUT2D eigenvalue weighted by Gasteiger charge is 2.28. The van der Waals surface area contributed by atoms with Crippen molar-refractivity contribution in [1.82, 2.24) is 9.88 Å². The first-order valence-electron chi connectivity index (χ1n) is 9.26. The molecule has 0 aliphatic carbocycles. The van der Waals surface area contributed by atoms with Gasteiger partial charge in [0.1, 0.15) is 11.3 Å². The summed E-state index contributed by atoms with van der Waals surface area (Å²) in [6.07, 6.45) is 1.24. The number of aromatic nitrogens is 1. The molecule has 144 valence electrons. The van der Waals surface area contributed by atoms with Gasteiger partial charge < -0.3 is 19.7 Å². The van der Waals surface area contributed by atoms with E-state index < -0.39 is 0 Å². The Labute approximate surface area is 162 Å².